The maximum absolute atomic E-state index is 13.1. The van der Waals surface area contributed by atoms with Crippen LogP contribution in [0, 0.1) is 0 Å². The highest BCUT2D eigenvalue weighted by Crippen LogP contribution is 2.32. The number of methoxy groups -OCH3 is 1. The molecule has 3 rings (SSSR count). The van der Waals surface area contributed by atoms with Gasteiger partial charge in [0, 0.05) is 22.9 Å². The zero-order valence-electron chi connectivity index (χ0n) is 18.2. The lowest BCUT2D eigenvalue weighted by Crippen LogP contribution is -2.18. The number of nitrogens with one attached hydrogen (secondary N) is 2. The van der Waals surface area contributed by atoms with Crippen molar-refractivity contribution in [2.75, 3.05) is 12.4 Å². The van der Waals surface area contributed by atoms with Crippen LogP contribution in [0.15, 0.2) is 65.8 Å². The quantitative estimate of drug-likeness (QED) is 0.310. The average molecular weight is 506 g/mol. The van der Waals surface area contributed by atoms with E-state index < -0.39 is 30.0 Å². The van der Waals surface area contributed by atoms with Gasteiger partial charge >= 0.3 is 6.18 Å². The van der Waals surface area contributed by atoms with Gasteiger partial charge in [0.05, 0.1) is 30.3 Å². The summed E-state index contributed by atoms with van der Waals surface area (Å²) in [6.45, 7) is 0. The Kier molecular flexibility index (Phi) is 7.98. The molecule has 0 bridgehead atoms. The van der Waals surface area contributed by atoms with Crippen LogP contribution >= 0.6 is 11.6 Å². The van der Waals surface area contributed by atoms with E-state index >= 15 is 0 Å². The van der Waals surface area contributed by atoms with Crippen LogP contribution in [-0.2, 0) is 17.4 Å². The molecule has 182 valence electrons. The number of ether oxygens (including phenoxy) is 1. The highest BCUT2D eigenvalue weighted by Gasteiger charge is 2.33. The molecule has 0 unspecified atom stereocenters. The zero-order valence-corrected chi connectivity index (χ0v) is 18.9. The van der Waals surface area contributed by atoms with E-state index in [1.54, 1.807) is 6.07 Å². The van der Waals surface area contributed by atoms with Crippen LogP contribution in [0.3, 0.4) is 0 Å². The number of benzene rings is 3. The Morgan fingerprint density at radius 2 is 1.86 bits per heavy atom. The van der Waals surface area contributed by atoms with Crippen LogP contribution in [0.4, 0.5) is 18.9 Å². The Labute approximate surface area is 203 Å². The molecule has 0 spiro atoms. The molecule has 0 aliphatic carbocycles. The number of carbonyl (C=O) groups excluding carboxylic acids is 2. The summed E-state index contributed by atoms with van der Waals surface area (Å²) in [6.07, 6.45) is -3.72. The van der Waals surface area contributed by atoms with Gasteiger partial charge in [0.25, 0.3) is 5.91 Å². The SMILES string of the molecule is COc1cc(NC(=O)Cc2ccccc2C(F)(F)F)ccc1/C=N/NC(=O)c1ccc(O)c(Cl)c1. The third-order valence-electron chi connectivity index (χ3n) is 4.77. The van der Waals surface area contributed by atoms with Gasteiger partial charge < -0.3 is 15.2 Å². The van der Waals surface area contributed by atoms with Gasteiger partial charge in [0.2, 0.25) is 5.91 Å². The molecule has 0 radical (unpaired) electrons. The fourth-order valence-electron chi connectivity index (χ4n) is 3.10. The number of aromatic hydroxyl groups is 1. The lowest BCUT2D eigenvalue weighted by atomic mass is 10.0. The summed E-state index contributed by atoms with van der Waals surface area (Å²) >= 11 is 5.79. The molecule has 0 heterocycles. The van der Waals surface area contributed by atoms with E-state index in [9.17, 15) is 27.9 Å². The molecule has 0 fully saturated rings. The number of halogens is 4. The number of anilines is 1. The highest BCUT2D eigenvalue weighted by molar-refractivity contribution is 6.32. The van der Waals surface area contributed by atoms with Gasteiger partial charge in [-0.15, -0.1) is 0 Å². The van der Waals surface area contributed by atoms with Crippen molar-refractivity contribution in [3.63, 3.8) is 0 Å². The van der Waals surface area contributed by atoms with Crippen molar-refractivity contribution in [3.8, 4) is 11.5 Å². The first-order valence-electron chi connectivity index (χ1n) is 10.0. The zero-order chi connectivity index (χ0) is 25.6. The number of phenols is 1. The van der Waals surface area contributed by atoms with Crippen molar-refractivity contribution >= 4 is 35.3 Å². The van der Waals surface area contributed by atoms with Crippen LogP contribution < -0.4 is 15.5 Å². The highest BCUT2D eigenvalue weighted by atomic mass is 35.5. The Balaban J connectivity index is 1.66. The first-order valence-corrected chi connectivity index (χ1v) is 10.4. The molecule has 0 aliphatic rings. The van der Waals surface area contributed by atoms with E-state index in [2.05, 4.69) is 15.8 Å². The summed E-state index contributed by atoms with van der Waals surface area (Å²) in [5.41, 5.74) is 2.25. The van der Waals surface area contributed by atoms with Crippen molar-refractivity contribution < 1.29 is 32.6 Å². The summed E-state index contributed by atoms with van der Waals surface area (Å²) in [5.74, 6) is -1.06. The van der Waals surface area contributed by atoms with Crippen LogP contribution in [0.2, 0.25) is 5.02 Å². The Morgan fingerprint density at radius 1 is 1.11 bits per heavy atom. The molecule has 7 nitrogen and oxygen atoms in total. The predicted octanol–water partition coefficient (Wildman–Crippen LogP) is 5.02. The lowest BCUT2D eigenvalue weighted by Gasteiger charge is -2.13. The van der Waals surface area contributed by atoms with Crippen molar-refractivity contribution in [1.82, 2.24) is 5.43 Å². The molecular formula is C24H19ClF3N3O4. The second-order valence-electron chi connectivity index (χ2n) is 7.20. The van der Waals surface area contributed by atoms with Gasteiger partial charge in [-0.05, 0) is 42.0 Å². The normalized spacial score (nSPS) is 11.3. The molecule has 11 heteroatoms. The number of nitrogens with zero attached hydrogens (tertiary/aromatic N) is 1. The molecule has 2 amide bonds. The number of hydrazone groups is 1. The van der Waals surface area contributed by atoms with Gasteiger partial charge in [0.15, 0.2) is 0 Å². The second-order valence-corrected chi connectivity index (χ2v) is 7.61. The fourth-order valence-corrected chi connectivity index (χ4v) is 3.28. The van der Waals surface area contributed by atoms with E-state index in [0.717, 1.165) is 6.07 Å². The van der Waals surface area contributed by atoms with Crippen LogP contribution in [-0.4, -0.2) is 30.2 Å². The Bertz CT molecular complexity index is 1280. The molecule has 3 aromatic rings. The molecule has 0 atom stereocenters. The van der Waals surface area contributed by atoms with Gasteiger partial charge in [-0.25, -0.2) is 5.43 Å². The minimum Gasteiger partial charge on any atom is -0.506 e. The first-order chi connectivity index (χ1) is 16.6. The number of rotatable bonds is 7. The summed E-state index contributed by atoms with van der Waals surface area (Å²) in [7, 11) is 1.38. The molecule has 0 saturated heterocycles. The predicted molar refractivity (Wildman–Crippen MR) is 125 cm³/mol. The minimum atomic E-state index is -4.56. The number of carbonyl (C=O) groups is 2. The van der Waals surface area contributed by atoms with Gasteiger partial charge in [-0.3, -0.25) is 9.59 Å². The number of hydrogen-bond donors (Lipinski definition) is 3. The van der Waals surface area contributed by atoms with Gasteiger partial charge in [-0.1, -0.05) is 29.8 Å². The number of alkyl halides is 3. The molecule has 3 N–H and O–H groups in total. The van der Waals surface area contributed by atoms with Crippen molar-refractivity contribution in [1.29, 1.82) is 0 Å². The molecule has 0 saturated carbocycles. The maximum atomic E-state index is 13.1. The van der Waals surface area contributed by atoms with Crippen molar-refractivity contribution in [2.45, 2.75) is 12.6 Å². The van der Waals surface area contributed by atoms with E-state index in [1.807, 2.05) is 0 Å². The smallest absolute Gasteiger partial charge is 0.416 e. The number of hydrogen-bond acceptors (Lipinski definition) is 5. The maximum Gasteiger partial charge on any atom is 0.416 e. The summed E-state index contributed by atoms with van der Waals surface area (Å²) in [5, 5.41) is 15.8. The largest absolute Gasteiger partial charge is 0.506 e. The summed E-state index contributed by atoms with van der Waals surface area (Å²) < 4.78 is 44.7. The molecule has 0 aliphatic heterocycles. The third-order valence-corrected chi connectivity index (χ3v) is 5.07. The summed E-state index contributed by atoms with van der Waals surface area (Å²) in [6, 6.07) is 13.3. The molecular weight excluding hydrogens is 487 g/mol. The standard InChI is InChI=1S/C24H19ClF3N3O4/c1-35-21-12-17(30-22(33)11-14-4-2-3-5-18(14)24(26,27)28)8-6-16(21)13-29-31-23(34)15-7-9-20(32)19(25)10-15/h2-10,12-13,32H,11H2,1H3,(H,30,33)(H,31,34)/b29-13+. The van der Waals surface area contributed by atoms with Gasteiger partial charge in [0.1, 0.15) is 11.5 Å². The Hall–Kier alpha value is -4.05. The fraction of sp³-hybridized carbons (Fsp3) is 0.125. The second kappa shape index (κ2) is 10.9. The van der Waals surface area contributed by atoms with E-state index in [-0.39, 0.29) is 21.9 Å². The topological polar surface area (TPSA) is 100 Å². The van der Waals surface area contributed by atoms with Crippen molar-refractivity contribution in [2.24, 2.45) is 5.10 Å². The van der Waals surface area contributed by atoms with E-state index in [1.165, 1.54) is 61.9 Å². The summed E-state index contributed by atoms with van der Waals surface area (Å²) in [4.78, 5) is 24.5. The number of amides is 2. The molecule has 35 heavy (non-hydrogen) atoms. The average Bonchev–Trinajstić information content (AvgIpc) is 2.81. The number of phenolic OH excluding ortho intramolecular Hbond substituents is 1. The molecule has 0 aromatic heterocycles. The van der Waals surface area contributed by atoms with Crippen LogP contribution in [0.25, 0.3) is 0 Å². The van der Waals surface area contributed by atoms with E-state index in [0.29, 0.717) is 17.0 Å². The van der Waals surface area contributed by atoms with Crippen LogP contribution in [0.5, 0.6) is 11.5 Å². The monoisotopic (exact) mass is 505 g/mol. The van der Waals surface area contributed by atoms with Gasteiger partial charge in [-0.2, -0.15) is 18.3 Å². The minimum absolute atomic E-state index is 0.0165. The van der Waals surface area contributed by atoms with Crippen molar-refractivity contribution in [3.05, 3.63) is 87.9 Å². The first kappa shape index (κ1) is 25.6. The van der Waals surface area contributed by atoms with E-state index in [4.69, 9.17) is 16.3 Å². The molecule has 3 aromatic carbocycles. The third kappa shape index (κ3) is 6.73. The Morgan fingerprint density at radius 3 is 2.54 bits per heavy atom. The van der Waals surface area contributed by atoms with Crippen LogP contribution in [0.1, 0.15) is 27.0 Å². The lowest BCUT2D eigenvalue weighted by molar-refractivity contribution is -0.138.